The van der Waals surface area contributed by atoms with E-state index in [1.807, 2.05) is 0 Å². The van der Waals surface area contributed by atoms with Gasteiger partial charge in [0.15, 0.2) is 5.78 Å². The summed E-state index contributed by atoms with van der Waals surface area (Å²) < 4.78 is 0. The molecule has 4 nitrogen and oxygen atoms in total. The Hall–Kier alpha value is -1.71. The summed E-state index contributed by atoms with van der Waals surface area (Å²) in [5.74, 6) is -0.985. The molecular formula is C10H9NO3. The number of rotatable bonds is 1. The molecule has 0 amide bonds. The predicted molar refractivity (Wildman–Crippen MR) is 48.5 cm³/mol. The highest BCUT2D eigenvalue weighted by atomic mass is 16.4. The van der Waals surface area contributed by atoms with Gasteiger partial charge in [0.1, 0.15) is 5.69 Å². The number of Topliss-reactive ketones (excluding diaryl/α,β-unsaturated/α-hetero) is 1. The maximum Gasteiger partial charge on any atom is 0.354 e. The van der Waals surface area contributed by atoms with Gasteiger partial charge < -0.3 is 5.11 Å². The van der Waals surface area contributed by atoms with Crippen molar-refractivity contribution in [3.63, 3.8) is 0 Å². The van der Waals surface area contributed by atoms with E-state index in [0.717, 1.165) is 6.42 Å². The molecule has 1 N–H and O–H groups in total. The summed E-state index contributed by atoms with van der Waals surface area (Å²) in [7, 11) is 0. The predicted octanol–water partition coefficient (Wildman–Crippen LogP) is 1.30. The molecule has 0 unspecified atom stereocenters. The van der Waals surface area contributed by atoms with Crippen LogP contribution < -0.4 is 0 Å². The second-order valence-electron chi connectivity index (χ2n) is 3.27. The Morgan fingerprint density at radius 3 is 2.86 bits per heavy atom. The third kappa shape index (κ3) is 1.39. The van der Waals surface area contributed by atoms with Crippen molar-refractivity contribution in [1.82, 2.24) is 4.98 Å². The van der Waals surface area contributed by atoms with Crippen molar-refractivity contribution < 1.29 is 14.7 Å². The maximum absolute atomic E-state index is 11.4. The molecule has 0 radical (unpaired) electrons. The van der Waals surface area contributed by atoms with Crippen molar-refractivity contribution in [3.8, 4) is 0 Å². The van der Waals surface area contributed by atoms with Gasteiger partial charge in [-0.15, -0.1) is 0 Å². The summed E-state index contributed by atoms with van der Waals surface area (Å²) >= 11 is 0. The van der Waals surface area contributed by atoms with Crippen LogP contribution in [0.25, 0.3) is 0 Å². The summed E-state index contributed by atoms with van der Waals surface area (Å²) in [6.45, 7) is 0. The standard InChI is InChI=1S/C10H9NO3/c12-9-3-1-2-7-6(9)4-5-8(11-7)10(13)14/h4-5H,1-3H2,(H,13,14). The van der Waals surface area contributed by atoms with Crippen LogP contribution >= 0.6 is 0 Å². The quantitative estimate of drug-likeness (QED) is 0.726. The smallest absolute Gasteiger partial charge is 0.354 e. The number of hydrogen-bond donors (Lipinski definition) is 1. The van der Waals surface area contributed by atoms with E-state index in [4.69, 9.17) is 5.11 Å². The minimum absolute atomic E-state index is 0.0125. The summed E-state index contributed by atoms with van der Waals surface area (Å²) in [5, 5.41) is 8.70. The Kier molecular flexibility index (Phi) is 2.04. The molecule has 1 aromatic heterocycles. The van der Waals surface area contributed by atoms with E-state index in [2.05, 4.69) is 4.98 Å². The highest BCUT2D eigenvalue weighted by Gasteiger charge is 2.19. The van der Waals surface area contributed by atoms with Crippen LogP contribution in [0.15, 0.2) is 12.1 Å². The maximum atomic E-state index is 11.4. The van der Waals surface area contributed by atoms with E-state index in [0.29, 0.717) is 24.1 Å². The Labute approximate surface area is 80.6 Å². The van der Waals surface area contributed by atoms with Crippen LogP contribution in [0.4, 0.5) is 0 Å². The second-order valence-corrected chi connectivity index (χ2v) is 3.27. The SMILES string of the molecule is O=C(O)c1ccc2c(n1)CCCC2=O. The minimum atomic E-state index is -1.05. The monoisotopic (exact) mass is 191 g/mol. The molecule has 0 spiro atoms. The molecule has 0 fully saturated rings. The summed E-state index contributed by atoms with van der Waals surface area (Å²) in [5.41, 5.74) is 1.22. The number of carbonyl (C=O) groups is 2. The Balaban J connectivity index is 2.49. The molecule has 0 atom stereocenters. The van der Waals surface area contributed by atoms with Crippen molar-refractivity contribution in [2.45, 2.75) is 19.3 Å². The van der Waals surface area contributed by atoms with Crippen molar-refractivity contribution in [2.75, 3.05) is 0 Å². The first-order chi connectivity index (χ1) is 6.68. The molecule has 0 aromatic carbocycles. The molecule has 14 heavy (non-hydrogen) atoms. The van der Waals surface area contributed by atoms with E-state index in [9.17, 15) is 9.59 Å². The molecule has 4 heteroatoms. The second kappa shape index (κ2) is 3.21. The zero-order valence-electron chi connectivity index (χ0n) is 7.49. The van der Waals surface area contributed by atoms with E-state index >= 15 is 0 Å². The van der Waals surface area contributed by atoms with Crippen LogP contribution in [-0.4, -0.2) is 21.8 Å². The molecule has 0 aliphatic heterocycles. The number of nitrogens with zero attached hydrogens (tertiary/aromatic N) is 1. The van der Waals surface area contributed by atoms with Gasteiger partial charge >= 0.3 is 5.97 Å². The van der Waals surface area contributed by atoms with Gasteiger partial charge in [0.05, 0.1) is 5.69 Å². The Morgan fingerprint density at radius 1 is 1.36 bits per heavy atom. The summed E-state index contributed by atoms with van der Waals surface area (Å²) in [6, 6.07) is 2.94. The first kappa shape index (κ1) is 8.87. The Morgan fingerprint density at radius 2 is 2.14 bits per heavy atom. The first-order valence-corrected chi connectivity index (χ1v) is 4.45. The molecule has 2 rings (SSSR count). The van der Waals surface area contributed by atoms with Crippen LogP contribution in [0.5, 0.6) is 0 Å². The number of carboxylic acid groups (broad SMARTS) is 1. The largest absolute Gasteiger partial charge is 0.477 e. The normalized spacial score (nSPS) is 15.0. The average Bonchev–Trinajstić information content (AvgIpc) is 2.17. The van der Waals surface area contributed by atoms with Crippen molar-refractivity contribution >= 4 is 11.8 Å². The zero-order valence-corrected chi connectivity index (χ0v) is 7.49. The Bertz CT molecular complexity index is 412. The van der Waals surface area contributed by atoms with Gasteiger partial charge in [-0.05, 0) is 25.0 Å². The highest BCUT2D eigenvalue weighted by molar-refractivity contribution is 5.98. The van der Waals surface area contributed by atoms with E-state index in [-0.39, 0.29) is 11.5 Å². The molecule has 1 heterocycles. The minimum Gasteiger partial charge on any atom is -0.477 e. The van der Waals surface area contributed by atoms with E-state index in [1.165, 1.54) is 6.07 Å². The third-order valence-corrected chi connectivity index (χ3v) is 2.31. The van der Waals surface area contributed by atoms with Crippen LogP contribution in [0.1, 0.15) is 39.4 Å². The number of ketones is 1. The lowest BCUT2D eigenvalue weighted by molar-refractivity contribution is 0.0689. The topological polar surface area (TPSA) is 67.3 Å². The number of hydrogen-bond acceptors (Lipinski definition) is 3. The number of fused-ring (bicyclic) bond motifs is 1. The van der Waals surface area contributed by atoms with Gasteiger partial charge in [0.25, 0.3) is 0 Å². The number of carboxylic acids is 1. The number of aromatic nitrogens is 1. The number of aromatic carboxylic acids is 1. The van der Waals surface area contributed by atoms with Gasteiger partial charge in [0.2, 0.25) is 0 Å². The summed E-state index contributed by atoms with van der Waals surface area (Å²) in [6.07, 6.45) is 2.01. The van der Waals surface area contributed by atoms with Crippen LogP contribution in [0.3, 0.4) is 0 Å². The van der Waals surface area contributed by atoms with Crippen molar-refractivity contribution in [3.05, 3.63) is 29.1 Å². The number of pyridine rings is 1. The van der Waals surface area contributed by atoms with Gasteiger partial charge in [-0.1, -0.05) is 0 Å². The number of aryl methyl sites for hydroxylation is 1. The fraction of sp³-hybridized carbons (Fsp3) is 0.300. The lowest BCUT2D eigenvalue weighted by Crippen LogP contribution is -2.14. The van der Waals surface area contributed by atoms with Crippen molar-refractivity contribution in [1.29, 1.82) is 0 Å². The lowest BCUT2D eigenvalue weighted by atomic mass is 9.94. The van der Waals surface area contributed by atoms with Gasteiger partial charge in [0, 0.05) is 12.0 Å². The molecule has 1 aliphatic carbocycles. The third-order valence-electron chi connectivity index (χ3n) is 2.31. The fourth-order valence-corrected chi connectivity index (χ4v) is 1.62. The first-order valence-electron chi connectivity index (χ1n) is 4.45. The van der Waals surface area contributed by atoms with Crippen LogP contribution in [-0.2, 0) is 6.42 Å². The van der Waals surface area contributed by atoms with E-state index < -0.39 is 5.97 Å². The van der Waals surface area contributed by atoms with Crippen molar-refractivity contribution in [2.24, 2.45) is 0 Å². The van der Waals surface area contributed by atoms with Gasteiger partial charge in [-0.2, -0.15) is 0 Å². The molecule has 0 saturated carbocycles. The van der Waals surface area contributed by atoms with Gasteiger partial charge in [-0.3, -0.25) is 4.79 Å². The molecule has 72 valence electrons. The van der Waals surface area contributed by atoms with Gasteiger partial charge in [-0.25, -0.2) is 9.78 Å². The van der Waals surface area contributed by atoms with Crippen LogP contribution in [0, 0.1) is 0 Å². The van der Waals surface area contributed by atoms with E-state index in [1.54, 1.807) is 6.07 Å². The van der Waals surface area contributed by atoms with Crippen LogP contribution in [0.2, 0.25) is 0 Å². The highest BCUT2D eigenvalue weighted by Crippen LogP contribution is 2.19. The molecular weight excluding hydrogens is 182 g/mol. The number of carbonyl (C=O) groups excluding carboxylic acids is 1. The average molecular weight is 191 g/mol. The zero-order chi connectivity index (χ0) is 10.1. The summed E-state index contributed by atoms with van der Waals surface area (Å²) in [4.78, 5) is 25.9. The molecule has 0 saturated heterocycles. The lowest BCUT2D eigenvalue weighted by Gasteiger charge is -2.13. The fourth-order valence-electron chi connectivity index (χ4n) is 1.62. The molecule has 1 aromatic rings. The molecule has 1 aliphatic rings. The molecule has 0 bridgehead atoms.